The Morgan fingerprint density at radius 2 is 1.74 bits per heavy atom. The highest BCUT2D eigenvalue weighted by atomic mass is 35.5. The number of hydrogen-bond donors (Lipinski definition) is 2. The van der Waals surface area contributed by atoms with Gasteiger partial charge in [-0.25, -0.2) is 9.78 Å². The monoisotopic (exact) mass is 315 g/mol. The average Bonchev–Trinajstić information content (AvgIpc) is 2.35. The van der Waals surface area contributed by atoms with Crippen molar-refractivity contribution in [1.29, 1.82) is 0 Å². The minimum atomic E-state index is -0.496. The first kappa shape index (κ1) is 13.9. The number of benzene rings is 1. The fraction of sp³-hybridized carbons (Fsp3) is 0. The summed E-state index contributed by atoms with van der Waals surface area (Å²) >= 11 is 17.7. The fourth-order valence-corrected chi connectivity index (χ4v) is 2.27. The zero-order chi connectivity index (χ0) is 13.8. The highest BCUT2D eigenvalue weighted by Crippen LogP contribution is 2.33. The second kappa shape index (κ2) is 6.10. The number of aromatic nitrogens is 1. The van der Waals surface area contributed by atoms with Crippen LogP contribution in [-0.2, 0) is 0 Å². The smallest absolute Gasteiger partial charge is 0.305 e. The van der Waals surface area contributed by atoms with Gasteiger partial charge in [-0.1, -0.05) is 40.9 Å². The van der Waals surface area contributed by atoms with Crippen LogP contribution in [0.25, 0.3) is 0 Å². The second-order valence-electron chi connectivity index (χ2n) is 3.54. The highest BCUT2D eigenvalue weighted by Gasteiger charge is 2.11. The van der Waals surface area contributed by atoms with Crippen molar-refractivity contribution in [1.82, 2.24) is 4.98 Å². The molecule has 0 fully saturated rings. The maximum atomic E-state index is 11.8. The van der Waals surface area contributed by atoms with Gasteiger partial charge in [0, 0.05) is 11.2 Å². The molecule has 0 atom stereocenters. The van der Waals surface area contributed by atoms with Gasteiger partial charge in [0.25, 0.3) is 0 Å². The number of carbonyl (C=O) groups excluding carboxylic acids is 1. The summed E-state index contributed by atoms with van der Waals surface area (Å²) in [6.07, 6.45) is 1.57. The number of nitrogens with one attached hydrogen (secondary N) is 2. The quantitative estimate of drug-likeness (QED) is 0.844. The number of nitrogens with zero attached hydrogens (tertiary/aromatic N) is 1. The minimum Gasteiger partial charge on any atom is -0.305 e. The van der Waals surface area contributed by atoms with E-state index in [4.69, 9.17) is 34.8 Å². The predicted molar refractivity (Wildman–Crippen MR) is 78.4 cm³/mol. The van der Waals surface area contributed by atoms with Crippen LogP contribution in [0.2, 0.25) is 15.1 Å². The molecule has 0 bridgehead atoms. The molecule has 2 rings (SSSR count). The molecule has 2 amide bonds. The predicted octanol–water partition coefficient (Wildman–Crippen LogP) is 4.69. The molecule has 0 unspecified atom stereocenters. The van der Waals surface area contributed by atoms with Crippen LogP contribution >= 0.6 is 34.8 Å². The third kappa shape index (κ3) is 3.73. The Kier molecular flexibility index (Phi) is 4.47. The number of rotatable bonds is 2. The van der Waals surface area contributed by atoms with E-state index in [-0.39, 0.29) is 10.0 Å². The van der Waals surface area contributed by atoms with E-state index < -0.39 is 6.03 Å². The Morgan fingerprint density at radius 3 is 2.32 bits per heavy atom. The molecule has 0 radical (unpaired) electrons. The van der Waals surface area contributed by atoms with E-state index in [0.717, 1.165) is 0 Å². The number of halogens is 3. The Bertz CT molecular complexity index is 581. The molecule has 4 nitrogen and oxygen atoms in total. The molecular formula is C12H8Cl3N3O. The first-order chi connectivity index (χ1) is 9.06. The van der Waals surface area contributed by atoms with E-state index >= 15 is 0 Å². The summed E-state index contributed by atoms with van der Waals surface area (Å²) in [5.41, 5.74) is 0.293. The van der Waals surface area contributed by atoms with Crippen molar-refractivity contribution >= 4 is 52.3 Å². The molecule has 98 valence electrons. The molecule has 2 aromatic rings. The summed E-state index contributed by atoms with van der Waals surface area (Å²) in [4.78, 5) is 15.7. The molecule has 1 aromatic carbocycles. The zero-order valence-corrected chi connectivity index (χ0v) is 11.7. The van der Waals surface area contributed by atoms with Crippen molar-refractivity contribution < 1.29 is 4.79 Å². The molecule has 2 N–H and O–H groups in total. The Balaban J connectivity index is 2.12. The van der Waals surface area contributed by atoms with Crippen LogP contribution in [0.4, 0.5) is 16.3 Å². The Hall–Kier alpha value is -1.49. The van der Waals surface area contributed by atoms with Crippen molar-refractivity contribution in [2.24, 2.45) is 0 Å². The summed E-state index contributed by atoms with van der Waals surface area (Å²) in [7, 11) is 0. The van der Waals surface area contributed by atoms with Crippen molar-refractivity contribution in [2.45, 2.75) is 0 Å². The zero-order valence-electron chi connectivity index (χ0n) is 9.45. The molecular weight excluding hydrogens is 309 g/mol. The molecule has 0 aliphatic carbocycles. The van der Waals surface area contributed by atoms with E-state index in [1.165, 1.54) is 12.1 Å². The summed E-state index contributed by atoms with van der Waals surface area (Å²) in [5.74, 6) is 0.418. The Morgan fingerprint density at radius 1 is 1.05 bits per heavy atom. The number of amides is 2. The summed E-state index contributed by atoms with van der Waals surface area (Å²) in [5, 5.41) is 6.00. The molecule has 0 saturated carbocycles. The fourth-order valence-electron chi connectivity index (χ4n) is 1.36. The molecule has 0 spiro atoms. The molecule has 19 heavy (non-hydrogen) atoms. The van der Waals surface area contributed by atoms with Crippen LogP contribution in [0.3, 0.4) is 0 Å². The largest absolute Gasteiger partial charge is 0.324 e. The number of pyridine rings is 1. The third-order valence-corrected chi connectivity index (χ3v) is 2.97. The standard InChI is InChI=1S/C12H8Cl3N3O/c13-7-5-8(14)11(9(15)6-7)18-12(19)17-10-3-1-2-4-16-10/h1-6H,(H2,16,17,18,19). The maximum Gasteiger partial charge on any atom is 0.324 e. The van der Waals surface area contributed by atoms with Crippen LogP contribution in [0.1, 0.15) is 0 Å². The highest BCUT2D eigenvalue weighted by molar-refractivity contribution is 6.42. The number of anilines is 2. The summed E-state index contributed by atoms with van der Waals surface area (Å²) in [6.45, 7) is 0. The first-order valence-electron chi connectivity index (χ1n) is 5.20. The van der Waals surface area contributed by atoms with Gasteiger partial charge in [0.2, 0.25) is 0 Å². The Labute approximate surface area is 124 Å². The van der Waals surface area contributed by atoms with E-state index in [2.05, 4.69) is 15.6 Å². The minimum absolute atomic E-state index is 0.258. The lowest BCUT2D eigenvalue weighted by Gasteiger charge is -2.10. The molecule has 0 aliphatic heterocycles. The second-order valence-corrected chi connectivity index (χ2v) is 4.79. The lowest BCUT2D eigenvalue weighted by atomic mass is 10.3. The molecule has 0 saturated heterocycles. The van der Waals surface area contributed by atoms with Crippen LogP contribution in [0.15, 0.2) is 36.5 Å². The van der Waals surface area contributed by atoms with Crippen molar-refractivity contribution in [2.75, 3.05) is 10.6 Å². The van der Waals surface area contributed by atoms with E-state index in [9.17, 15) is 4.79 Å². The van der Waals surface area contributed by atoms with Gasteiger partial charge in [-0.2, -0.15) is 0 Å². The number of hydrogen-bond acceptors (Lipinski definition) is 2. The molecule has 1 aromatic heterocycles. The van der Waals surface area contributed by atoms with Gasteiger partial charge >= 0.3 is 6.03 Å². The van der Waals surface area contributed by atoms with Crippen molar-refractivity contribution in [3.8, 4) is 0 Å². The van der Waals surface area contributed by atoms with Crippen LogP contribution in [0.5, 0.6) is 0 Å². The lowest BCUT2D eigenvalue weighted by molar-refractivity contribution is 0.262. The van der Waals surface area contributed by atoms with Crippen LogP contribution in [-0.4, -0.2) is 11.0 Å². The first-order valence-corrected chi connectivity index (χ1v) is 6.33. The van der Waals surface area contributed by atoms with Gasteiger partial charge in [0.1, 0.15) is 5.82 Å². The van der Waals surface area contributed by atoms with Gasteiger partial charge in [-0.15, -0.1) is 0 Å². The topological polar surface area (TPSA) is 54.0 Å². The third-order valence-electron chi connectivity index (χ3n) is 2.15. The van der Waals surface area contributed by atoms with Gasteiger partial charge in [0.05, 0.1) is 15.7 Å². The maximum absolute atomic E-state index is 11.8. The average molecular weight is 317 g/mol. The van der Waals surface area contributed by atoms with Gasteiger partial charge in [0.15, 0.2) is 0 Å². The van der Waals surface area contributed by atoms with Crippen molar-refractivity contribution in [3.05, 3.63) is 51.6 Å². The number of carbonyl (C=O) groups is 1. The van der Waals surface area contributed by atoms with Gasteiger partial charge in [-0.3, -0.25) is 5.32 Å². The molecule has 1 heterocycles. The normalized spacial score (nSPS) is 10.1. The van der Waals surface area contributed by atoms with Gasteiger partial charge < -0.3 is 5.32 Å². The van der Waals surface area contributed by atoms with Crippen LogP contribution < -0.4 is 10.6 Å². The SMILES string of the molecule is O=C(Nc1ccccn1)Nc1c(Cl)cc(Cl)cc1Cl. The van der Waals surface area contributed by atoms with E-state index in [0.29, 0.717) is 16.5 Å². The van der Waals surface area contributed by atoms with E-state index in [1.807, 2.05) is 0 Å². The summed E-state index contributed by atoms with van der Waals surface area (Å²) in [6, 6.07) is 7.65. The van der Waals surface area contributed by atoms with Gasteiger partial charge in [-0.05, 0) is 24.3 Å². The lowest BCUT2D eigenvalue weighted by Crippen LogP contribution is -2.20. The summed E-state index contributed by atoms with van der Waals surface area (Å²) < 4.78 is 0. The molecule has 0 aliphatic rings. The van der Waals surface area contributed by atoms with E-state index in [1.54, 1.807) is 24.4 Å². The van der Waals surface area contributed by atoms with Crippen molar-refractivity contribution in [3.63, 3.8) is 0 Å². The van der Waals surface area contributed by atoms with Crippen LogP contribution in [0, 0.1) is 0 Å². The number of urea groups is 1. The molecule has 7 heteroatoms.